The maximum absolute atomic E-state index is 11.5. The smallest absolute Gasteiger partial charge is 0.338 e. The average Bonchev–Trinajstić information content (AvgIpc) is 2.71. The molecule has 1 aliphatic rings. The van der Waals surface area contributed by atoms with Crippen molar-refractivity contribution >= 4 is 17.6 Å². The molecule has 2 rings (SSSR count). The molecule has 1 aromatic carbocycles. The van der Waals surface area contributed by atoms with Gasteiger partial charge in [-0.25, -0.2) is 9.59 Å². The third-order valence-corrected chi connectivity index (χ3v) is 2.67. The quantitative estimate of drug-likeness (QED) is 0.772. The van der Waals surface area contributed by atoms with Crippen molar-refractivity contribution in [3.05, 3.63) is 29.3 Å². The highest BCUT2D eigenvalue weighted by molar-refractivity contribution is 5.92. The van der Waals surface area contributed by atoms with E-state index in [1.54, 1.807) is 25.1 Å². The van der Waals surface area contributed by atoms with Crippen molar-refractivity contribution in [1.82, 2.24) is 0 Å². The Morgan fingerprint density at radius 3 is 2.94 bits per heavy atom. The number of fused-ring (bicyclic) bond motifs is 1. The van der Waals surface area contributed by atoms with Crippen LogP contribution in [0, 0.1) is 0 Å². The number of carboxylic acid groups (broad SMARTS) is 1. The fraction of sp³-hybridized carbons (Fsp3) is 0.333. The molecule has 1 aromatic rings. The zero-order valence-electron chi connectivity index (χ0n) is 9.40. The van der Waals surface area contributed by atoms with E-state index in [4.69, 9.17) is 9.84 Å². The van der Waals surface area contributed by atoms with Crippen LogP contribution in [0.3, 0.4) is 0 Å². The highest BCUT2D eigenvalue weighted by Crippen LogP contribution is 2.27. The predicted molar refractivity (Wildman–Crippen MR) is 61.1 cm³/mol. The van der Waals surface area contributed by atoms with E-state index in [1.165, 1.54) is 0 Å². The van der Waals surface area contributed by atoms with Crippen LogP contribution in [0.25, 0.3) is 0 Å². The minimum atomic E-state index is -0.890. The largest absolute Gasteiger partial charge is 0.480 e. The Kier molecular flexibility index (Phi) is 2.99. The van der Waals surface area contributed by atoms with Crippen LogP contribution in [0.4, 0.5) is 5.69 Å². The number of nitrogens with one attached hydrogen (secondary N) is 1. The van der Waals surface area contributed by atoms with E-state index in [-0.39, 0.29) is 0 Å². The topological polar surface area (TPSA) is 75.6 Å². The summed E-state index contributed by atoms with van der Waals surface area (Å²) in [7, 11) is 0. The normalized spacial score (nSPS) is 17.1. The van der Waals surface area contributed by atoms with Crippen molar-refractivity contribution < 1.29 is 19.4 Å². The van der Waals surface area contributed by atoms with Gasteiger partial charge in [0.05, 0.1) is 12.2 Å². The van der Waals surface area contributed by atoms with Gasteiger partial charge in [-0.15, -0.1) is 0 Å². The molecule has 1 aliphatic heterocycles. The van der Waals surface area contributed by atoms with Gasteiger partial charge in [0.25, 0.3) is 0 Å². The number of hydrogen-bond donors (Lipinski definition) is 2. The molecule has 0 amide bonds. The first-order chi connectivity index (χ1) is 8.11. The van der Waals surface area contributed by atoms with E-state index in [0.717, 1.165) is 5.56 Å². The van der Waals surface area contributed by atoms with Gasteiger partial charge in [-0.3, -0.25) is 0 Å². The second kappa shape index (κ2) is 4.45. The van der Waals surface area contributed by atoms with Crippen LogP contribution in [0.5, 0.6) is 0 Å². The standard InChI is InChI=1S/C12H13NO4/c1-2-17-12(16)8-4-3-7-5-10(11(14)15)13-9(7)6-8/h3-4,6,10,13H,2,5H2,1H3,(H,14,15). The van der Waals surface area contributed by atoms with Gasteiger partial charge in [0.15, 0.2) is 0 Å². The number of hydrogen-bond acceptors (Lipinski definition) is 4. The molecule has 1 unspecified atom stereocenters. The number of aliphatic carboxylic acids is 1. The van der Waals surface area contributed by atoms with Crippen LogP contribution >= 0.6 is 0 Å². The second-order valence-electron chi connectivity index (χ2n) is 3.83. The maximum Gasteiger partial charge on any atom is 0.338 e. The summed E-state index contributed by atoms with van der Waals surface area (Å²) in [4.78, 5) is 22.3. The highest BCUT2D eigenvalue weighted by atomic mass is 16.5. The van der Waals surface area contributed by atoms with Crippen LogP contribution in [-0.4, -0.2) is 29.7 Å². The molecule has 1 atom stereocenters. The van der Waals surface area contributed by atoms with E-state index < -0.39 is 18.0 Å². The Morgan fingerprint density at radius 2 is 2.29 bits per heavy atom. The van der Waals surface area contributed by atoms with Crippen molar-refractivity contribution in [1.29, 1.82) is 0 Å². The maximum atomic E-state index is 11.5. The Hall–Kier alpha value is -2.04. The average molecular weight is 235 g/mol. The van der Waals surface area contributed by atoms with Crippen molar-refractivity contribution in [2.75, 3.05) is 11.9 Å². The number of carbonyl (C=O) groups excluding carboxylic acids is 1. The number of rotatable bonds is 3. The van der Waals surface area contributed by atoms with E-state index >= 15 is 0 Å². The first kappa shape index (κ1) is 11.4. The summed E-state index contributed by atoms with van der Waals surface area (Å²) in [6, 6.07) is 4.44. The van der Waals surface area contributed by atoms with Gasteiger partial charge in [-0.1, -0.05) is 6.07 Å². The van der Waals surface area contributed by atoms with Crippen LogP contribution < -0.4 is 5.32 Å². The summed E-state index contributed by atoms with van der Waals surface area (Å²) in [6.07, 6.45) is 0.438. The van der Waals surface area contributed by atoms with E-state index in [2.05, 4.69) is 5.32 Å². The Balaban J connectivity index is 2.21. The van der Waals surface area contributed by atoms with Gasteiger partial charge in [-0.2, -0.15) is 0 Å². The van der Waals surface area contributed by atoms with Gasteiger partial charge in [0.1, 0.15) is 6.04 Å². The van der Waals surface area contributed by atoms with Gasteiger partial charge in [0.2, 0.25) is 0 Å². The number of anilines is 1. The monoisotopic (exact) mass is 235 g/mol. The number of benzene rings is 1. The second-order valence-corrected chi connectivity index (χ2v) is 3.83. The fourth-order valence-electron chi connectivity index (χ4n) is 1.84. The molecule has 90 valence electrons. The summed E-state index contributed by atoms with van der Waals surface area (Å²) in [6.45, 7) is 2.06. The third-order valence-electron chi connectivity index (χ3n) is 2.67. The van der Waals surface area contributed by atoms with Crippen LogP contribution in [0.2, 0.25) is 0 Å². The zero-order chi connectivity index (χ0) is 12.4. The molecule has 1 heterocycles. The Labute approximate surface area is 98.4 Å². The number of carboxylic acids is 1. The molecule has 0 saturated heterocycles. The lowest BCUT2D eigenvalue weighted by atomic mass is 10.1. The van der Waals surface area contributed by atoms with E-state index in [1.807, 2.05) is 0 Å². The first-order valence-corrected chi connectivity index (χ1v) is 5.41. The Morgan fingerprint density at radius 1 is 1.53 bits per heavy atom. The molecule has 0 radical (unpaired) electrons. The zero-order valence-corrected chi connectivity index (χ0v) is 9.40. The molecule has 0 saturated carbocycles. The molecule has 0 spiro atoms. The molecule has 2 N–H and O–H groups in total. The minimum Gasteiger partial charge on any atom is -0.480 e. The first-order valence-electron chi connectivity index (χ1n) is 5.41. The van der Waals surface area contributed by atoms with Crippen LogP contribution in [-0.2, 0) is 16.0 Å². The molecule has 0 aliphatic carbocycles. The lowest BCUT2D eigenvalue weighted by Gasteiger charge is -2.05. The lowest BCUT2D eigenvalue weighted by Crippen LogP contribution is -2.26. The van der Waals surface area contributed by atoms with Gasteiger partial charge < -0.3 is 15.2 Å². The van der Waals surface area contributed by atoms with Gasteiger partial charge in [-0.05, 0) is 24.6 Å². The lowest BCUT2D eigenvalue weighted by molar-refractivity contribution is -0.137. The summed E-state index contributed by atoms with van der Waals surface area (Å²) in [5.41, 5.74) is 2.04. The van der Waals surface area contributed by atoms with Crippen LogP contribution in [0.15, 0.2) is 18.2 Å². The summed E-state index contributed by atoms with van der Waals surface area (Å²) in [5.74, 6) is -1.28. The number of esters is 1. The molecule has 0 bridgehead atoms. The highest BCUT2D eigenvalue weighted by Gasteiger charge is 2.26. The third kappa shape index (κ3) is 2.22. The van der Waals surface area contributed by atoms with Crippen LogP contribution in [0.1, 0.15) is 22.8 Å². The summed E-state index contributed by atoms with van der Waals surface area (Å²) in [5, 5.41) is 11.8. The molecule has 0 aromatic heterocycles. The minimum absolute atomic E-state index is 0.321. The molecule has 5 nitrogen and oxygen atoms in total. The molecule has 0 fully saturated rings. The predicted octanol–water partition coefficient (Wildman–Crippen LogP) is 1.28. The van der Waals surface area contributed by atoms with E-state index in [9.17, 15) is 9.59 Å². The van der Waals surface area contributed by atoms with Gasteiger partial charge >= 0.3 is 11.9 Å². The fourth-order valence-corrected chi connectivity index (χ4v) is 1.84. The molecule has 17 heavy (non-hydrogen) atoms. The summed E-state index contributed by atoms with van der Waals surface area (Å²) < 4.78 is 4.88. The van der Waals surface area contributed by atoms with Crippen molar-refractivity contribution in [2.45, 2.75) is 19.4 Å². The molecular formula is C12H13NO4. The number of ether oxygens (including phenoxy) is 1. The van der Waals surface area contributed by atoms with Crippen molar-refractivity contribution in [2.24, 2.45) is 0 Å². The number of carbonyl (C=O) groups is 2. The van der Waals surface area contributed by atoms with Gasteiger partial charge in [0, 0.05) is 12.1 Å². The SMILES string of the molecule is CCOC(=O)c1ccc2c(c1)NC(C(=O)O)C2. The molecular weight excluding hydrogens is 222 g/mol. The van der Waals surface area contributed by atoms with Crippen molar-refractivity contribution in [3.8, 4) is 0 Å². The van der Waals surface area contributed by atoms with E-state index in [0.29, 0.717) is 24.3 Å². The molecule has 5 heteroatoms. The summed E-state index contributed by atoms with van der Waals surface area (Å²) >= 11 is 0. The Bertz CT molecular complexity index is 470. The van der Waals surface area contributed by atoms with Crippen molar-refractivity contribution in [3.63, 3.8) is 0 Å².